The van der Waals surface area contributed by atoms with Crippen molar-refractivity contribution in [2.45, 2.75) is 19.4 Å². The lowest BCUT2D eigenvalue weighted by Gasteiger charge is -2.42. The minimum atomic E-state index is -0.858. The van der Waals surface area contributed by atoms with Gasteiger partial charge < -0.3 is 14.7 Å². The predicted molar refractivity (Wildman–Crippen MR) is 164 cm³/mol. The van der Waals surface area contributed by atoms with E-state index < -0.39 is 5.97 Å². The van der Waals surface area contributed by atoms with Crippen LogP contribution in [0.4, 0.5) is 5.82 Å². The van der Waals surface area contributed by atoms with Crippen molar-refractivity contribution in [3.8, 4) is 21.7 Å². The van der Waals surface area contributed by atoms with E-state index in [1.165, 1.54) is 0 Å². The van der Waals surface area contributed by atoms with Gasteiger partial charge in [0.2, 0.25) is 0 Å². The Labute approximate surface area is 246 Å². The number of aryl methyl sites for hydroxylation is 2. The van der Waals surface area contributed by atoms with E-state index in [0.717, 1.165) is 99.2 Å². The van der Waals surface area contributed by atoms with Gasteiger partial charge >= 0.3 is 5.97 Å². The molecular weight excluding hydrogens is 558 g/mol. The largest absolute Gasteiger partial charge is 0.481 e. The van der Waals surface area contributed by atoms with Crippen molar-refractivity contribution in [3.63, 3.8) is 0 Å². The first-order valence-electron chi connectivity index (χ1n) is 13.8. The summed E-state index contributed by atoms with van der Waals surface area (Å²) in [5.74, 6) is 0.153. The van der Waals surface area contributed by atoms with Gasteiger partial charge in [0, 0.05) is 54.8 Å². The number of ether oxygens (including phenoxy) is 1. The summed E-state index contributed by atoms with van der Waals surface area (Å²) in [7, 11) is 2.00. The van der Waals surface area contributed by atoms with Gasteiger partial charge in [-0.25, -0.2) is 4.98 Å². The van der Waals surface area contributed by atoms with Crippen LogP contribution in [0.15, 0.2) is 48.5 Å². The number of hydrogen-bond acceptors (Lipinski definition) is 7. The third-order valence-electron chi connectivity index (χ3n) is 8.30. The van der Waals surface area contributed by atoms with Crippen LogP contribution in [-0.2, 0) is 23.0 Å². The molecule has 0 bridgehead atoms. The first-order valence-corrected chi connectivity index (χ1v) is 15.0. The highest BCUT2D eigenvalue weighted by atomic mass is 35.5. The second kappa shape index (κ2) is 10.4. The van der Waals surface area contributed by atoms with Crippen molar-refractivity contribution < 1.29 is 14.6 Å². The predicted octanol–water partition coefficient (Wildman–Crippen LogP) is 5.63. The molecule has 210 valence electrons. The smallest absolute Gasteiger partial charge is 0.307 e. The molecule has 1 N–H and O–H groups in total. The molecule has 41 heavy (non-hydrogen) atoms. The summed E-state index contributed by atoms with van der Waals surface area (Å²) in [5.41, 5.74) is 6.55. The number of piperazine rings is 1. The fourth-order valence-electron chi connectivity index (χ4n) is 6.01. The minimum Gasteiger partial charge on any atom is -0.481 e. The summed E-state index contributed by atoms with van der Waals surface area (Å²) in [6, 6.07) is 16.6. The van der Waals surface area contributed by atoms with E-state index in [4.69, 9.17) is 26.4 Å². The number of rotatable bonds is 6. The average molecular weight is 588 g/mol. The lowest BCUT2D eigenvalue weighted by Crippen LogP contribution is -2.56. The number of carbonyl (C=O) groups is 1. The molecule has 0 radical (unpaired) electrons. The van der Waals surface area contributed by atoms with E-state index in [2.05, 4.69) is 28.0 Å². The Balaban J connectivity index is 1.30. The van der Waals surface area contributed by atoms with E-state index in [-0.39, 0.29) is 6.42 Å². The molecule has 5 aromatic rings. The monoisotopic (exact) mass is 587 g/mol. The van der Waals surface area contributed by atoms with Crippen molar-refractivity contribution in [2.24, 2.45) is 7.05 Å². The lowest BCUT2D eigenvalue weighted by atomic mass is 9.93. The van der Waals surface area contributed by atoms with Crippen molar-refractivity contribution in [3.05, 3.63) is 64.7 Å². The molecule has 0 aliphatic carbocycles. The van der Waals surface area contributed by atoms with E-state index in [1.54, 1.807) is 11.3 Å². The summed E-state index contributed by atoms with van der Waals surface area (Å²) in [4.78, 5) is 21.8. The molecule has 2 aliphatic heterocycles. The van der Waals surface area contributed by atoms with Crippen molar-refractivity contribution >= 4 is 55.8 Å². The van der Waals surface area contributed by atoms with Gasteiger partial charge in [-0.05, 0) is 60.0 Å². The zero-order chi connectivity index (χ0) is 28.2. The van der Waals surface area contributed by atoms with Crippen LogP contribution in [0.1, 0.15) is 11.1 Å². The number of hydrogen-bond donors (Lipinski definition) is 1. The van der Waals surface area contributed by atoms with E-state index in [9.17, 15) is 9.90 Å². The summed E-state index contributed by atoms with van der Waals surface area (Å²) in [6.07, 6.45) is -0.0565. The number of fused-ring (bicyclic) bond motifs is 2. The van der Waals surface area contributed by atoms with Crippen LogP contribution in [-0.4, -0.2) is 76.2 Å². The van der Waals surface area contributed by atoms with Crippen molar-refractivity contribution in [2.75, 3.05) is 44.3 Å². The zero-order valence-corrected chi connectivity index (χ0v) is 24.5. The molecule has 7 rings (SSSR count). The third-order valence-corrected chi connectivity index (χ3v) is 9.69. The number of carboxylic acid groups (broad SMARTS) is 1. The van der Waals surface area contributed by atoms with Crippen LogP contribution in [0, 0.1) is 6.92 Å². The maximum atomic E-state index is 11.8. The number of nitrogens with zero attached hydrogens (tertiary/aromatic N) is 5. The van der Waals surface area contributed by atoms with Gasteiger partial charge in [0.25, 0.3) is 0 Å². The Kier molecular flexibility index (Phi) is 6.70. The Morgan fingerprint density at radius 2 is 1.80 bits per heavy atom. The fraction of sp³-hybridized carbons (Fsp3) is 0.323. The number of aliphatic carboxylic acids is 1. The van der Waals surface area contributed by atoms with E-state index in [1.807, 2.05) is 49.0 Å². The second-order valence-electron chi connectivity index (χ2n) is 10.9. The van der Waals surface area contributed by atoms with Gasteiger partial charge in [-0.15, -0.1) is 11.3 Å². The molecule has 10 heteroatoms. The molecule has 0 unspecified atom stereocenters. The molecular formula is C31H30ClN5O3S. The Bertz CT molecular complexity index is 1790. The van der Waals surface area contributed by atoms with Crippen molar-refractivity contribution in [1.82, 2.24) is 19.7 Å². The highest BCUT2D eigenvalue weighted by Crippen LogP contribution is 2.42. The van der Waals surface area contributed by atoms with Gasteiger partial charge in [0.15, 0.2) is 5.82 Å². The first kappa shape index (κ1) is 26.4. The second-order valence-corrected chi connectivity index (χ2v) is 12.3. The summed E-state index contributed by atoms with van der Waals surface area (Å²) >= 11 is 7.78. The minimum absolute atomic E-state index is 0.0565. The molecule has 0 atom stereocenters. The quantitative estimate of drug-likeness (QED) is 0.276. The standard InChI is InChI=1S/C31H30ClN5O3S/c1-18-13-25-29(28(23(18)15-27(38)39)19-3-6-21(32)7-4-19)41-31(33-25)20-5-8-26-24(14-20)30(34-35(26)2)37-11-9-36(10-12-37)22-16-40-17-22/h3-8,13-14,22H,9-12,15-17H2,1-2H3,(H,38,39). The molecule has 8 nitrogen and oxygen atoms in total. The number of thiazole rings is 1. The maximum Gasteiger partial charge on any atom is 0.307 e. The first-order chi connectivity index (χ1) is 19.9. The van der Waals surface area contributed by atoms with Crippen LogP contribution in [0.25, 0.3) is 42.8 Å². The highest BCUT2D eigenvalue weighted by molar-refractivity contribution is 7.22. The molecule has 4 heterocycles. The molecule has 2 aromatic heterocycles. The van der Waals surface area contributed by atoms with Gasteiger partial charge in [-0.2, -0.15) is 5.10 Å². The number of aromatic nitrogens is 3. The van der Waals surface area contributed by atoms with Crippen LogP contribution < -0.4 is 4.90 Å². The molecule has 0 saturated carbocycles. The fourth-order valence-corrected chi connectivity index (χ4v) is 7.27. The SMILES string of the molecule is Cc1cc2nc(-c3ccc4c(c3)c(N3CCN(C5COC5)CC3)nn4C)sc2c(-c2ccc(Cl)cc2)c1CC(=O)O. The molecule has 2 aliphatic rings. The van der Waals surface area contributed by atoms with Crippen LogP contribution >= 0.6 is 22.9 Å². The van der Waals surface area contributed by atoms with Gasteiger partial charge in [0.1, 0.15) is 5.01 Å². The average Bonchev–Trinajstić information content (AvgIpc) is 3.49. The topological polar surface area (TPSA) is 83.7 Å². The van der Waals surface area contributed by atoms with Crippen LogP contribution in [0.2, 0.25) is 5.02 Å². The van der Waals surface area contributed by atoms with Crippen LogP contribution in [0.5, 0.6) is 0 Å². The summed E-state index contributed by atoms with van der Waals surface area (Å²) < 4.78 is 8.33. The highest BCUT2D eigenvalue weighted by Gasteiger charge is 2.30. The molecule has 2 saturated heterocycles. The van der Waals surface area contributed by atoms with Gasteiger partial charge in [0.05, 0.1) is 41.4 Å². The van der Waals surface area contributed by atoms with Gasteiger partial charge in [-0.3, -0.25) is 14.4 Å². The summed E-state index contributed by atoms with van der Waals surface area (Å²) in [6.45, 7) is 7.53. The molecule has 3 aromatic carbocycles. The van der Waals surface area contributed by atoms with Crippen molar-refractivity contribution in [1.29, 1.82) is 0 Å². The Morgan fingerprint density at radius 1 is 1.07 bits per heavy atom. The van der Waals surface area contributed by atoms with Crippen LogP contribution in [0.3, 0.4) is 0 Å². The number of halogens is 1. The number of anilines is 1. The van der Waals surface area contributed by atoms with E-state index >= 15 is 0 Å². The van der Waals surface area contributed by atoms with E-state index in [0.29, 0.717) is 11.1 Å². The molecule has 0 amide bonds. The van der Waals surface area contributed by atoms with Gasteiger partial charge in [-0.1, -0.05) is 23.7 Å². The Hall–Kier alpha value is -3.50. The zero-order valence-electron chi connectivity index (χ0n) is 22.9. The Morgan fingerprint density at radius 3 is 2.49 bits per heavy atom. The third kappa shape index (κ3) is 4.76. The molecule has 2 fully saturated rings. The normalized spacial score (nSPS) is 16.5. The summed E-state index contributed by atoms with van der Waals surface area (Å²) in [5, 5.41) is 17.3. The number of carboxylic acids is 1. The maximum absolute atomic E-state index is 11.8. The molecule has 0 spiro atoms. The lowest BCUT2D eigenvalue weighted by molar-refractivity contribution is -0.136. The number of benzene rings is 3.